The van der Waals surface area contributed by atoms with Crippen LogP contribution in [0.5, 0.6) is 0 Å². The van der Waals surface area contributed by atoms with Gasteiger partial charge in [-0.05, 0) is 24.0 Å². The Balaban J connectivity index is 1.89. The molecule has 27 heavy (non-hydrogen) atoms. The van der Waals surface area contributed by atoms with E-state index in [0.29, 0.717) is 25.6 Å². The van der Waals surface area contributed by atoms with Gasteiger partial charge in [0.2, 0.25) is 10.0 Å². The Bertz CT molecular complexity index is 671. The number of aryl methyl sites for hydroxylation is 1. The largest absolute Gasteiger partial charge is 0.380 e. The van der Waals surface area contributed by atoms with Gasteiger partial charge in [0.15, 0.2) is 0 Å². The second-order valence-electron chi connectivity index (χ2n) is 7.90. The molecule has 0 aromatic heterocycles. The van der Waals surface area contributed by atoms with Gasteiger partial charge in [-0.1, -0.05) is 38.1 Å². The number of benzene rings is 1. The molecule has 154 valence electrons. The lowest BCUT2D eigenvalue weighted by molar-refractivity contribution is 0.0721. The Kier molecular flexibility index (Phi) is 8.69. The number of sulfonamides is 1. The first kappa shape index (κ1) is 22.3. The summed E-state index contributed by atoms with van der Waals surface area (Å²) >= 11 is 0. The molecule has 7 heteroatoms. The first-order chi connectivity index (χ1) is 12.8. The number of hydrogen-bond acceptors (Lipinski definition) is 5. The molecule has 1 saturated heterocycles. The summed E-state index contributed by atoms with van der Waals surface area (Å²) in [5, 5.41) is 3.64. The molecule has 6 nitrogen and oxygen atoms in total. The van der Waals surface area contributed by atoms with Crippen LogP contribution in [0.1, 0.15) is 25.0 Å². The van der Waals surface area contributed by atoms with Gasteiger partial charge in [0.05, 0.1) is 12.9 Å². The van der Waals surface area contributed by atoms with E-state index in [2.05, 4.69) is 55.3 Å². The van der Waals surface area contributed by atoms with Crippen molar-refractivity contribution in [1.29, 1.82) is 0 Å². The van der Waals surface area contributed by atoms with Crippen LogP contribution in [0.15, 0.2) is 24.3 Å². The van der Waals surface area contributed by atoms with E-state index in [1.54, 1.807) is 4.31 Å². The van der Waals surface area contributed by atoms with Gasteiger partial charge in [-0.3, -0.25) is 4.90 Å². The molecule has 2 rings (SSSR count). The van der Waals surface area contributed by atoms with Crippen LogP contribution in [0, 0.1) is 12.8 Å². The number of nitrogens with zero attached hydrogens (tertiary/aromatic N) is 2. The summed E-state index contributed by atoms with van der Waals surface area (Å²) in [6, 6.07) is 8.63. The fourth-order valence-electron chi connectivity index (χ4n) is 3.24. The first-order valence-electron chi connectivity index (χ1n) is 9.79. The normalized spacial score (nSPS) is 18.1. The zero-order valence-electron chi connectivity index (χ0n) is 17.1. The van der Waals surface area contributed by atoms with Gasteiger partial charge in [0.1, 0.15) is 0 Å². The van der Waals surface area contributed by atoms with E-state index in [1.807, 2.05) is 0 Å². The topological polar surface area (TPSA) is 61.9 Å². The smallest absolute Gasteiger partial charge is 0.211 e. The zero-order chi connectivity index (χ0) is 19.9. The van der Waals surface area contributed by atoms with Crippen molar-refractivity contribution in [3.8, 4) is 0 Å². The average Bonchev–Trinajstić information content (AvgIpc) is 2.60. The van der Waals surface area contributed by atoms with Crippen LogP contribution in [0.25, 0.3) is 0 Å². The van der Waals surface area contributed by atoms with Crippen LogP contribution in [0.3, 0.4) is 0 Å². The maximum Gasteiger partial charge on any atom is 0.211 e. The summed E-state index contributed by atoms with van der Waals surface area (Å²) in [4.78, 5) is 2.33. The fraction of sp³-hybridized carbons (Fsp3) is 0.700. The molecule has 1 heterocycles. The highest BCUT2D eigenvalue weighted by Gasteiger charge is 2.25. The lowest BCUT2D eigenvalue weighted by Gasteiger charge is -2.35. The number of hydrogen-bond donors (Lipinski definition) is 1. The van der Waals surface area contributed by atoms with E-state index in [0.717, 1.165) is 32.8 Å². The van der Waals surface area contributed by atoms with Crippen LogP contribution in [-0.2, 0) is 21.3 Å². The van der Waals surface area contributed by atoms with Crippen molar-refractivity contribution >= 4 is 10.0 Å². The van der Waals surface area contributed by atoms with Crippen molar-refractivity contribution in [2.75, 3.05) is 52.2 Å². The lowest BCUT2D eigenvalue weighted by atomic mass is 10.1. The zero-order valence-corrected chi connectivity index (χ0v) is 18.0. The Morgan fingerprint density at radius 2 is 1.78 bits per heavy atom. The molecule has 0 saturated carbocycles. The van der Waals surface area contributed by atoms with Crippen LogP contribution < -0.4 is 5.32 Å². The van der Waals surface area contributed by atoms with E-state index in [1.165, 1.54) is 17.4 Å². The lowest BCUT2D eigenvalue weighted by Crippen LogP contribution is -2.52. The summed E-state index contributed by atoms with van der Waals surface area (Å²) in [6.45, 7) is 12.2. The third-order valence-electron chi connectivity index (χ3n) is 4.89. The molecular weight excluding hydrogens is 362 g/mol. The summed E-state index contributed by atoms with van der Waals surface area (Å²) in [7, 11) is -3.09. The van der Waals surface area contributed by atoms with Gasteiger partial charge in [-0.2, -0.15) is 4.31 Å². The third kappa shape index (κ3) is 7.87. The van der Waals surface area contributed by atoms with E-state index in [-0.39, 0.29) is 6.04 Å². The summed E-state index contributed by atoms with van der Waals surface area (Å²) in [5.74, 6) is 0.514. The molecule has 0 bridgehead atoms. The highest BCUT2D eigenvalue weighted by atomic mass is 32.2. The Morgan fingerprint density at radius 3 is 2.37 bits per heavy atom. The molecule has 0 amide bonds. The van der Waals surface area contributed by atoms with E-state index >= 15 is 0 Å². The summed E-state index contributed by atoms with van der Waals surface area (Å²) < 4.78 is 30.8. The van der Waals surface area contributed by atoms with Gasteiger partial charge in [-0.15, -0.1) is 0 Å². The van der Waals surface area contributed by atoms with Gasteiger partial charge in [0.25, 0.3) is 0 Å². The number of nitrogens with one attached hydrogen (secondary N) is 1. The monoisotopic (exact) mass is 397 g/mol. The van der Waals surface area contributed by atoms with E-state index in [4.69, 9.17) is 4.74 Å². The molecule has 1 aromatic carbocycles. The molecule has 0 spiro atoms. The van der Waals surface area contributed by atoms with Gasteiger partial charge >= 0.3 is 0 Å². The maximum atomic E-state index is 11.7. The molecule has 1 N–H and O–H groups in total. The molecule has 0 radical (unpaired) electrons. The molecule has 0 aliphatic carbocycles. The predicted octanol–water partition coefficient (Wildman–Crippen LogP) is 1.70. The number of rotatable bonds is 10. The van der Waals surface area contributed by atoms with Gasteiger partial charge in [-0.25, -0.2) is 8.42 Å². The molecule has 1 aliphatic heterocycles. The standard InChI is InChI=1S/C20H35N3O3S/c1-17(2)15-26-16-20(21-13-19-8-6-5-7-18(19)3)14-22-9-11-23(12-10-22)27(4,24)25/h5-8,17,20-21H,9-16H2,1-4H3. The third-order valence-corrected chi connectivity index (χ3v) is 6.19. The second kappa shape index (κ2) is 10.5. The number of ether oxygens (including phenoxy) is 1. The van der Waals surface area contributed by atoms with E-state index in [9.17, 15) is 8.42 Å². The highest BCUT2D eigenvalue weighted by molar-refractivity contribution is 7.88. The Hall–Kier alpha value is -0.990. The molecule has 1 atom stereocenters. The second-order valence-corrected chi connectivity index (χ2v) is 9.88. The fourth-order valence-corrected chi connectivity index (χ4v) is 4.07. The van der Waals surface area contributed by atoms with Crippen LogP contribution >= 0.6 is 0 Å². The average molecular weight is 398 g/mol. The Labute approximate surface area is 164 Å². The van der Waals surface area contributed by atoms with Crippen molar-refractivity contribution < 1.29 is 13.2 Å². The first-order valence-corrected chi connectivity index (χ1v) is 11.6. The summed E-state index contributed by atoms with van der Waals surface area (Å²) in [5.41, 5.74) is 2.59. The minimum atomic E-state index is -3.09. The molecule has 1 unspecified atom stereocenters. The highest BCUT2D eigenvalue weighted by Crippen LogP contribution is 2.09. The van der Waals surface area contributed by atoms with Crippen molar-refractivity contribution in [2.45, 2.75) is 33.4 Å². The van der Waals surface area contributed by atoms with Crippen LogP contribution in [-0.4, -0.2) is 75.9 Å². The Morgan fingerprint density at radius 1 is 1.11 bits per heavy atom. The van der Waals surface area contributed by atoms with Gasteiger partial charge < -0.3 is 10.1 Å². The number of piperazine rings is 1. The van der Waals surface area contributed by atoms with Crippen molar-refractivity contribution in [1.82, 2.24) is 14.5 Å². The molecule has 1 aromatic rings. The van der Waals surface area contributed by atoms with Crippen LogP contribution in [0.4, 0.5) is 0 Å². The minimum Gasteiger partial charge on any atom is -0.380 e. The van der Waals surface area contributed by atoms with Crippen LogP contribution in [0.2, 0.25) is 0 Å². The van der Waals surface area contributed by atoms with Crippen molar-refractivity contribution in [2.24, 2.45) is 5.92 Å². The summed E-state index contributed by atoms with van der Waals surface area (Å²) in [6.07, 6.45) is 1.29. The quantitative estimate of drug-likeness (QED) is 0.651. The molecule has 1 fully saturated rings. The SMILES string of the molecule is Cc1ccccc1CNC(COCC(C)C)CN1CCN(S(C)(=O)=O)CC1. The van der Waals surface area contributed by atoms with Crippen molar-refractivity contribution in [3.63, 3.8) is 0 Å². The van der Waals surface area contributed by atoms with Gasteiger partial charge in [0, 0.05) is 51.9 Å². The maximum absolute atomic E-state index is 11.7. The van der Waals surface area contributed by atoms with Crippen molar-refractivity contribution in [3.05, 3.63) is 35.4 Å². The van der Waals surface area contributed by atoms with E-state index < -0.39 is 10.0 Å². The minimum absolute atomic E-state index is 0.216. The molecular formula is C20H35N3O3S. The molecule has 1 aliphatic rings. The predicted molar refractivity (Wildman–Crippen MR) is 110 cm³/mol.